The Morgan fingerprint density at radius 1 is 1.11 bits per heavy atom. The van der Waals surface area contributed by atoms with Crippen LogP contribution in [-0.2, 0) is 6.42 Å². The van der Waals surface area contributed by atoms with Gasteiger partial charge in [0.05, 0.1) is 4.47 Å². The van der Waals surface area contributed by atoms with E-state index in [1.807, 2.05) is 0 Å². The minimum atomic E-state index is 0.641. The Morgan fingerprint density at radius 3 is 2.61 bits per heavy atom. The van der Waals surface area contributed by atoms with Crippen LogP contribution >= 0.6 is 15.9 Å². The zero-order valence-electron chi connectivity index (χ0n) is 10.4. The molecule has 98 valence electrons. The minimum Gasteiger partial charge on any atom is -0.486 e. The molecule has 0 bridgehead atoms. The van der Waals surface area contributed by atoms with E-state index < -0.39 is 0 Å². The lowest BCUT2D eigenvalue weighted by molar-refractivity contribution is 0.168. The summed E-state index contributed by atoms with van der Waals surface area (Å²) in [6, 6.07) is 4.24. The molecule has 2 aliphatic heterocycles. The molecule has 1 aromatic carbocycles. The van der Waals surface area contributed by atoms with Crippen LogP contribution in [0.4, 0.5) is 0 Å². The fraction of sp³-hybridized carbons (Fsp3) is 0.571. The van der Waals surface area contributed by atoms with Crippen LogP contribution in [0.25, 0.3) is 0 Å². The summed E-state index contributed by atoms with van der Waals surface area (Å²) in [5.41, 5.74) is 1.29. The standard InChI is InChI=1S/C14H18BrNO2/c15-12-2-1-11(9-10-3-5-16-6-4-10)13-14(12)18-8-7-17-13/h1-2,10,16H,3-9H2. The average molecular weight is 312 g/mol. The monoisotopic (exact) mass is 311 g/mol. The number of ether oxygens (including phenoxy) is 2. The molecule has 3 rings (SSSR count). The van der Waals surface area contributed by atoms with Crippen LogP contribution in [0.5, 0.6) is 11.5 Å². The maximum Gasteiger partial charge on any atom is 0.175 e. The summed E-state index contributed by atoms with van der Waals surface area (Å²) < 4.78 is 12.5. The zero-order valence-corrected chi connectivity index (χ0v) is 12.0. The van der Waals surface area contributed by atoms with Crippen LogP contribution in [0.1, 0.15) is 18.4 Å². The number of hydrogen-bond donors (Lipinski definition) is 1. The van der Waals surface area contributed by atoms with Crippen molar-refractivity contribution in [2.75, 3.05) is 26.3 Å². The van der Waals surface area contributed by atoms with Gasteiger partial charge in [0.25, 0.3) is 0 Å². The molecular weight excluding hydrogens is 294 g/mol. The third-order valence-corrected chi connectivity index (χ3v) is 4.31. The summed E-state index contributed by atoms with van der Waals surface area (Å²) in [5.74, 6) is 2.60. The molecule has 0 atom stereocenters. The number of nitrogens with one attached hydrogen (secondary N) is 1. The Hall–Kier alpha value is -0.740. The maximum atomic E-state index is 5.81. The number of rotatable bonds is 2. The Kier molecular flexibility index (Phi) is 3.75. The van der Waals surface area contributed by atoms with Gasteiger partial charge in [-0.05, 0) is 65.8 Å². The lowest BCUT2D eigenvalue weighted by Gasteiger charge is -2.26. The van der Waals surface area contributed by atoms with Crippen LogP contribution in [-0.4, -0.2) is 26.3 Å². The topological polar surface area (TPSA) is 30.5 Å². The van der Waals surface area contributed by atoms with Crippen molar-refractivity contribution < 1.29 is 9.47 Å². The molecule has 18 heavy (non-hydrogen) atoms. The molecule has 1 aromatic rings. The van der Waals surface area contributed by atoms with E-state index in [-0.39, 0.29) is 0 Å². The van der Waals surface area contributed by atoms with E-state index in [9.17, 15) is 0 Å². The molecule has 2 heterocycles. The first-order valence-corrected chi connectivity index (χ1v) is 7.41. The van der Waals surface area contributed by atoms with Gasteiger partial charge in [-0.3, -0.25) is 0 Å². The van der Waals surface area contributed by atoms with Gasteiger partial charge < -0.3 is 14.8 Å². The van der Waals surface area contributed by atoms with E-state index in [0.717, 1.165) is 41.4 Å². The summed E-state index contributed by atoms with van der Waals surface area (Å²) in [7, 11) is 0. The van der Waals surface area contributed by atoms with Crippen molar-refractivity contribution in [2.45, 2.75) is 19.3 Å². The Bertz CT molecular complexity index is 430. The number of benzene rings is 1. The van der Waals surface area contributed by atoms with Crippen LogP contribution < -0.4 is 14.8 Å². The number of piperidine rings is 1. The molecule has 0 aromatic heterocycles. The van der Waals surface area contributed by atoms with Crippen molar-refractivity contribution in [3.05, 3.63) is 22.2 Å². The highest BCUT2D eigenvalue weighted by Gasteiger charge is 2.22. The van der Waals surface area contributed by atoms with Crippen molar-refractivity contribution in [2.24, 2.45) is 5.92 Å². The van der Waals surface area contributed by atoms with Crippen molar-refractivity contribution in [3.8, 4) is 11.5 Å². The molecule has 1 N–H and O–H groups in total. The fourth-order valence-corrected chi connectivity index (χ4v) is 3.14. The van der Waals surface area contributed by atoms with E-state index in [2.05, 4.69) is 33.4 Å². The second-order valence-corrected chi connectivity index (χ2v) is 5.81. The fourth-order valence-electron chi connectivity index (χ4n) is 2.72. The van der Waals surface area contributed by atoms with Gasteiger partial charge >= 0.3 is 0 Å². The summed E-state index contributed by atoms with van der Waals surface area (Å²) >= 11 is 3.53. The summed E-state index contributed by atoms with van der Waals surface area (Å²) in [6.45, 7) is 3.58. The van der Waals surface area contributed by atoms with Crippen molar-refractivity contribution in [3.63, 3.8) is 0 Å². The van der Waals surface area contributed by atoms with Gasteiger partial charge in [-0.15, -0.1) is 0 Å². The van der Waals surface area contributed by atoms with Crippen molar-refractivity contribution in [1.82, 2.24) is 5.32 Å². The van der Waals surface area contributed by atoms with Gasteiger partial charge in [0, 0.05) is 0 Å². The third kappa shape index (κ3) is 2.50. The third-order valence-electron chi connectivity index (χ3n) is 3.69. The summed E-state index contributed by atoms with van der Waals surface area (Å²) in [4.78, 5) is 0. The molecule has 0 saturated carbocycles. The summed E-state index contributed by atoms with van der Waals surface area (Å²) in [6.07, 6.45) is 3.61. The van der Waals surface area contributed by atoms with E-state index >= 15 is 0 Å². The Balaban J connectivity index is 1.82. The van der Waals surface area contributed by atoms with E-state index in [0.29, 0.717) is 13.2 Å². The Morgan fingerprint density at radius 2 is 1.83 bits per heavy atom. The lowest BCUT2D eigenvalue weighted by Crippen LogP contribution is -2.29. The quantitative estimate of drug-likeness (QED) is 0.911. The summed E-state index contributed by atoms with van der Waals surface area (Å²) in [5, 5.41) is 3.41. The van der Waals surface area contributed by atoms with E-state index in [1.165, 1.54) is 18.4 Å². The predicted molar refractivity (Wildman–Crippen MR) is 74.4 cm³/mol. The van der Waals surface area contributed by atoms with Gasteiger partial charge in [-0.1, -0.05) is 6.07 Å². The van der Waals surface area contributed by atoms with Gasteiger partial charge in [-0.2, -0.15) is 0 Å². The SMILES string of the molecule is Brc1ccc(CC2CCNCC2)c2c1OCCO2. The largest absolute Gasteiger partial charge is 0.486 e. The van der Waals surface area contributed by atoms with Gasteiger partial charge in [-0.25, -0.2) is 0 Å². The smallest absolute Gasteiger partial charge is 0.175 e. The first-order valence-electron chi connectivity index (χ1n) is 6.62. The Labute approximate surface area is 116 Å². The molecule has 2 aliphatic rings. The van der Waals surface area contributed by atoms with Crippen molar-refractivity contribution >= 4 is 15.9 Å². The molecule has 0 amide bonds. The molecule has 3 nitrogen and oxygen atoms in total. The van der Waals surface area contributed by atoms with Crippen LogP contribution in [0.3, 0.4) is 0 Å². The molecule has 0 radical (unpaired) electrons. The highest BCUT2D eigenvalue weighted by molar-refractivity contribution is 9.10. The lowest BCUT2D eigenvalue weighted by atomic mass is 9.90. The van der Waals surface area contributed by atoms with Crippen LogP contribution in [0.15, 0.2) is 16.6 Å². The van der Waals surface area contributed by atoms with Gasteiger partial charge in [0.1, 0.15) is 13.2 Å². The molecule has 0 spiro atoms. The van der Waals surface area contributed by atoms with Crippen LogP contribution in [0, 0.1) is 5.92 Å². The van der Waals surface area contributed by atoms with E-state index in [1.54, 1.807) is 0 Å². The molecule has 0 unspecified atom stereocenters. The predicted octanol–water partition coefficient (Wildman–Crippen LogP) is 2.76. The average Bonchev–Trinajstić information content (AvgIpc) is 2.44. The molecule has 4 heteroatoms. The van der Waals surface area contributed by atoms with Gasteiger partial charge in [0.2, 0.25) is 0 Å². The number of fused-ring (bicyclic) bond motifs is 1. The highest BCUT2D eigenvalue weighted by Crippen LogP contribution is 2.41. The molecular formula is C14H18BrNO2. The van der Waals surface area contributed by atoms with Crippen LogP contribution in [0.2, 0.25) is 0 Å². The minimum absolute atomic E-state index is 0.641. The van der Waals surface area contributed by atoms with E-state index in [4.69, 9.17) is 9.47 Å². The number of halogens is 1. The molecule has 0 aliphatic carbocycles. The molecule has 1 fully saturated rings. The van der Waals surface area contributed by atoms with Crippen molar-refractivity contribution in [1.29, 1.82) is 0 Å². The first-order chi connectivity index (χ1) is 8.84. The second-order valence-electron chi connectivity index (χ2n) is 4.96. The second kappa shape index (κ2) is 5.49. The maximum absolute atomic E-state index is 5.81. The molecule has 1 saturated heterocycles. The zero-order chi connectivity index (χ0) is 12.4. The highest BCUT2D eigenvalue weighted by atomic mass is 79.9. The van der Waals surface area contributed by atoms with Gasteiger partial charge in [0.15, 0.2) is 11.5 Å². The first kappa shape index (κ1) is 12.3. The normalized spacial score (nSPS) is 19.8. The number of hydrogen-bond acceptors (Lipinski definition) is 3.